The third-order valence-electron chi connectivity index (χ3n) is 3.25. The van der Waals surface area contributed by atoms with E-state index in [1.807, 2.05) is 19.1 Å². The molecule has 2 amide bonds. The molecule has 126 valence electrons. The quantitative estimate of drug-likeness (QED) is 0.790. The van der Waals surface area contributed by atoms with Gasteiger partial charge in [0, 0.05) is 11.6 Å². The summed E-state index contributed by atoms with van der Waals surface area (Å²) in [5.74, 6) is -0.879. The Kier molecular flexibility index (Phi) is 6.63. The zero-order valence-electron chi connectivity index (χ0n) is 13.3. The lowest BCUT2D eigenvalue weighted by Crippen LogP contribution is -2.36. The highest BCUT2D eigenvalue weighted by Crippen LogP contribution is 2.23. The van der Waals surface area contributed by atoms with E-state index in [-0.39, 0.29) is 0 Å². The molecule has 0 saturated carbocycles. The van der Waals surface area contributed by atoms with E-state index in [1.165, 1.54) is 0 Å². The van der Waals surface area contributed by atoms with Gasteiger partial charge in [0.15, 0.2) is 0 Å². The number of hydrogen-bond donors (Lipinski definition) is 2. The number of nitrogens with one attached hydrogen (secondary N) is 2. The van der Waals surface area contributed by atoms with Crippen molar-refractivity contribution in [3.8, 4) is 5.75 Å². The molecule has 24 heavy (non-hydrogen) atoms. The Labute approximate surface area is 146 Å². The van der Waals surface area contributed by atoms with Crippen LogP contribution < -0.4 is 15.4 Å². The zero-order chi connectivity index (χ0) is 17.4. The van der Waals surface area contributed by atoms with Gasteiger partial charge in [0.25, 0.3) is 0 Å². The second-order valence-corrected chi connectivity index (χ2v) is 5.45. The summed E-state index contributed by atoms with van der Waals surface area (Å²) < 4.78 is 5.41. The number of rotatable bonds is 6. The van der Waals surface area contributed by atoms with Crippen LogP contribution in [-0.2, 0) is 16.0 Å². The number of carbonyl (C=O) groups is 2. The second kappa shape index (κ2) is 8.93. The first-order valence-corrected chi connectivity index (χ1v) is 8.03. The van der Waals surface area contributed by atoms with Gasteiger partial charge < -0.3 is 15.4 Å². The number of benzene rings is 2. The molecule has 2 rings (SSSR count). The van der Waals surface area contributed by atoms with Crippen molar-refractivity contribution in [1.82, 2.24) is 5.32 Å². The largest absolute Gasteiger partial charge is 0.492 e. The van der Waals surface area contributed by atoms with Crippen LogP contribution in [-0.4, -0.2) is 25.0 Å². The summed E-state index contributed by atoms with van der Waals surface area (Å²) in [5, 5.41) is 5.81. The number of ether oxygens (including phenoxy) is 1. The summed E-state index contributed by atoms with van der Waals surface area (Å²) in [6, 6.07) is 14.3. The van der Waals surface area contributed by atoms with Crippen LogP contribution in [0, 0.1) is 0 Å². The predicted molar refractivity (Wildman–Crippen MR) is 94.4 cm³/mol. The van der Waals surface area contributed by atoms with Gasteiger partial charge in [0.05, 0.1) is 12.3 Å². The monoisotopic (exact) mass is 346 g/mol. The molecule has 2 N–H and O–H groups in total. The Balaban J connectivity index is 1.84. The number of anilines is 1. The van der Waals surface area contributed by atoms with Gasteiger partial charge in [-0.1, -0.05) is 35.9 Å². The predicted octanol–water partition coefficient (Wildman–Crippen LogP) is 3.04. The van der Waals surface area contributed by atoms with E-state index < -0.39 is 11.8 Å². The van der Waals surface area contributed by atoms with Gasteiger partial charge in [-0.05, 0) is 43.2 Å². The summed E-state index contributed by atoms with van der Waals surface area (Å²) >= 11 is 5.82. The number of halogens is 1. The molecule has 0 bridgehead atoms. The Hall–Kier alpha value is -2.53. The third kappa shape index (κ3) is 5.28. The zero-order valence-corrected chi connectivity index (χ0v) is 14.1. The van der Waals surface area contributed by atoms with Gasteiger partial charge in [-0.25, -0.2) is 0 Å². The van der Waals surface area contributed by atoms with Crippen LogP contribution in [0.4, 0.5) is 5.69 Å². The van der Waals surface area contributed by atoms with Crippen molar-refractivity contribution in [3.05, 3.63) is 59.1 Å². The van der Waals surface area contributed by atoms with Crippen molar-refractivity contribution >= 4 is 29.1 Å². The molecule has 0 unspecified atom stereocenters. The smallest absolute Gasteiger partial charge is 0.313 e. The molecule has 0 heterocycles. The van der Waals surface area contributed by atoms with Gasteiger partial charge in [0.2, 0.25) is 0 Å². The molecule has 0 saturated heterocycles. The molecule has 0 spiro atoms. The van der Waals surface area contributed by atoms with Crippen LogP contribution in [0.15, 0.2) is 48.5 Å². The molecule has 0 aromatic heterocycles. The summed E-state index contributed by atoms with van der Waals surface area (Å²) in [6.45, 7) is 2.68. The van der Waals surface area contributed by atoms with Gasteiger partial charge in [0.1, 0.15) is 5.75 Å². The molecule has 0 aliphatic rings. The average molecular weight is 347 g/mol. The summed E-state index contributed by atoms with van der Waals surface area (Å²) in [6.07, 6.45) is 0.617. The molecule has 0 radical (unpaired) electrons. The highest BCUT2D eigenvalue weighted by atomic mass is 35.5. The minimum Gasteiger partial charge on any atom is -0.492 e. The normalized spacial score (nSPS) is 10.1. The Bertz CT molecular complexity index is 702. The van der Waals surface area contributed by atoms with Crippen molar-refractivity contribution in [3.63, 3.8) is 0 Å². The highest BCUT2D eigenvalue weighted by Gasteiger charge is 2.15. The van der Waals surface area contributed by atoms with E-state index in [0.717, 1.165) is 5.56 Å². The molecule has 5 nitrogen and oxygen atoms in total. The number of carbonyl (C=O) groups excluding carboxylic acids is 2. The van der Waals surface area contributed by atoms with Crippen molar-refractivity contribution in [1.29, 1.82) is 0 Å². The molecule has 2 aromatic carbocycles. The van der Waals surface area contributed by atoms with Crippen molar-refractivity contribution in [2.24, 2.45) is 0 Å². The fourth-order valence-corrected chi connectivity index (χ4v) is 2.21. The minimum absolute atomic E-state index is 0.362. The van der Waals surface area contributed by atoms with Gasteiger partial charge in [-0.15, -0.1) is 0 Å². The topological polar surface area (TPSA) is 67.4 Å². The first-order valence-electron chi connectivity index (χ1n) is 7.65. The summed E-state index contributed by atoms with van der Waals surface area (Å²) in [5.41, 5.74) is 1.50. The number of para-hydroxylation sites is 2. The van der Waals surface area contributed by atoms with Gasteiger partial charge in [-0.2, -0.15) is 0 Å². The summed E-state index contributed by atoms with van der Waals surface area (Å²) in [7, 11) is 0. The molecule has 0 aliphatic carbocycles. The lowest BCUT2D eigenvalue weighted by atomic mass is 10.1. The lowest BCUT2D eigenvalue weighted by molar-refractivity contribution is -0.136. The average Bonchev–Trinajstić information content (AvgIpc) is 2.58. The van der Waals surface area contributed by atoms with Crippen LogP contribution in [0.2, 0.25) is 5.02 Å². The Morgan fingerprint density at radius 3 is 2.46 bits per heavy atom. The minimum atomic E-state index is -0.724. The van der Waals surface area contributed by atoms with Crippen molar-refractivity contribution in [2.75, 3.05) is 18.5 Å². The van der Waals surface area contributed by atoms with E-state index in [4.69, 9.17) is 16.3 Å². The maximum absolute atomic E-state index is 12.0. The molecule has 0 fully saturated rings. The molecule has 0 aliphatic heterocycles. The van der Waals surface area contributed by atoms with E-state index in [0.29, 0.717) is 36.0 Å². The number of amides is 2. The van der Waals surface area contributed by atoms with Crippen LogP contribution in [0.3, 0.4) is 0 Å². The fourth-order valence-electron chi connectivity index (χ4n) is 2.08. The van der Waals surface area contributed by atoms with Crippen LogP contribution in [0.25, 0.3) is 0 Å². The van der Waals surface area contributed by atoms with Crippen LogP contribution >= 0.6 is 11.6 Å². The maximum atomic E-state index is 12.0. The fraction of sp³-hybridized carbons (Fsp3) is 0.222. The van der Waals surface area contributed by atoms with Crippen LogP contribution in [0.1, 0.15) is 12.5 Å². The van der Waals surface area contributed by atoms with E-state index >= 15 is 0 Å². The second-order valence-electron chi connectivity index (χ2n) is 5.02. The number of hydrogen-bond acceptors (Lipinski definition) is 3. The lowest BCUT2D eigenvalue weighted by Gasteiger charge is -2.11. The van der Waals surface area contributed by atoms with E-state index in [1.54, 1.807) is 36.4 Å². The molecular formula is C18H19ClN2O3. The van der Waals surface area contributed by atoms with Crippen LogP contribution in [0.5, 0.6) is 5.75 Å². The Morgan fingerprint density at radius 2 is 1.75 bits per heavy atom. The molecule has 2 aromatic rings. The first kappa shape index (κ1) is 17.8. The highest BCUT2D eigenvalue weighted by molar-refractivity contribution is 6.39. The van der Waals surface area contributed by atoms with E-state index in [2.05, 4.69) is 10.6 Å². The van der Waals surface area contributed by atoms with Gasteiger partial charge in [-0.3, -0.25) is 9.59 Å². The molecule has 6 heteroatoms. The maximum Gasteiger partial charge on any atom is 0.313 e. The van der Waals surface area contributed by atoms with Crippen molar-refractivity contribution < 1.29 is 14.3 Å². The summed E-state index contributed by atoms with van der Waals surface area (Å²) in [4.78, 5) is 23.8. The first-order chi connectivity index (χ1) is 11.6. The SMILES string of the molecule is CCOc1ccccc1NC(=O)C(=O)NCCc1ccc(Cl)cc1. The van der Waals surface area contributed by atoms with E-state index in [9.17, 15) is 9.59 Å². The van der Waals surface area contributed by atoms with Crippen molar-refractivity contribution in [2.45, 2.75) is 13.3 Å². The molecule has 0 atom stereocenters. The Morgan fingerprint density at radius 1 is 1.04 bits per heavy atom. The molecular weight excluding hydrogens is 328 g/mol. The standard InChI is InChI=1S/C18H19ClN2O3/c1-2-24-16-6-4-3-5-15(16)21-18(23)17(22)20-12-11-13-7-9-14(19)10-8-13/h3-10H,2,11-12H2,1H3,(H,20,22)(H,21,23). The van der Waals surface area contributed by atoms with Gasteiger partial charge >= 0.3 is 11.8 Å². The third-order valence-corrected chi connectivity index (χ3v) is 3.51.